The number of imide groups is 2. The first-order valence-corrected chi connectivity index (χ1v) is 47.5. The lowest BCUT2D eigenvalue weighted by molar-refractivity contribution is -0.122. The zero-order chi connectivity index (χ0) is 96.7. The predicted molar refractivity (Wildman–Crippen MR) is 517 cm³/mol. The molecule has 32 heteroatoms. The minimum Gasteiger partial charge on any atom is -0.459 e. The minimum absolute atomic E-state index is 0.00852. The van der Waals surface area contributed by atoms with Crippen molar-refractivity contribution in [1.29, 1.82) is 0 Å². The lowest BCUT2D eigenvalue weighted by atomic mass is 9.80. The van der Waals surface area contributed by atoms with Crippen LogP contribution < -0.4 is 28.7 Å². The zero-order valence-corrected chi connectivity index (χ0v) is 78.4. The number of thiophene rings is 2. The fourth-order valence-corrected chi connectivity index (χ4v) is 19.1. The van der Waals surface area contributed by atoms with Crippen LogP contribution in [-0.2, 0) is 47.5 Å². The highest BCUT2D eigenvalue weighted by atomic mass is 32.1. The number of amides is 6. The molecule has 15 aromatic rings. The standard InChI is InChI=1S/C108H88N8O22S2/c1-55(2)59-13-21-71(22-14-59)135-83-35-79-89-80(100(118)115(99(79)117)97(87-11-9-29-139-87)103(121)113(67-31-63(39-109-43-67)105(123)131-51-75-47-127-75)68-32-64(40-110-44-68)106(124)132-52-76-48-128-76)37-85(137-73-25-17-61(18-26-73)57(5)6)93-94-86(138-74-27-19-62(20-28-74)58(7)8)38-82-90-81(36-84(92(96(90)94)91(83)95(89)93)136-72-23-15-60(16-24-72)56(3)4)101(119)116(102(82)120)98(88-12-10-30-140-88)104(122)114(69-33-65(41-111-45-69)107(125)133-53-77-49-129-77)70-34-66(42-112-46-70)108(126)134-54-78-50-130-78/h9-46,55-58,75-78,97-98H,47-54H2,1-8H3. The Balaban J connectivity index is 0.830. The van der Waals surface area contributed by atoms with Crippen molar-refractivity contribution in [2.45, 2.75) is 116 Å². The van der Waals surface area contributed by atoms with Crippen molar-refractivity contribution in [3.63, 3.8) is 0 Å². The number of rotatable bonds is 34. The molecule has 6 aliphatic rings. The zero-order valence-electron chi connectivity index (χ0n) is 76.7. The van der Waals surface area contributed by atoms with Crippen LogP contribution in [0.3, 0.4) is 0 Å². The molecule has 6 unspecified atom stereocenters. The van der Waals surface area contributed by atoms with Crippen molar-refractivity contribution >= 4 is 148 Å². The number of hydrogen-bond acceptors (Lipinski definition) is 28. The van der Waals surface area contributed by atoms with Crippen LogP contribution in [-0.4, -0.2) is 166 Å². The smallest absolute Gasteiger partial charge is 0.339 e. The van der Waals surface area contributed by atoms with Gasteiger partial charge >= 0.3 is 23.9 Å². The van der Waals surface area contributed by atoms with Crippen LogP contribution in [0.4, 0.5) is 22.7 Å². The lowest BCUT2D eigenvalue weighted by Gasteiger charge is -2.37. The molecule has 6 aromatic heterocycles. The Morgan fingerprint density at radius 1 is 0.329 bits per heavy atom. The highest BCUT2D eigenvalue weighted by Gasteiger charge is 2.50. The van der Waals surface area contributed by atoms with Crippen LogP contribution in [0.25, 0.3) is 43.1 Å². The fourth-order valence-electron chi connectivity index (χ4n) is 17.5. The van der Waals surface area contributed by atoms with E-state index in [-0.39, 0.29) is 241 Å². The number of aromatic nitrogens is 4. The maximum absolute atomic E-state index is 17.5. The van der Waals surface area contributed by atoms with Crippen LogP contribution in [0.1, 0.15) is 206 Å². The van der Waals surface area contributed by atoms with E-state index >= 15 is 28.8 Å². The van der Waals surface area contributed by atoms with Crippen molar-refractivity contribution in [2.24, 2.45) is 0 Å². The lowest BCUT2D eigenvalue weighted by Crippen LogP contribution is -2.49. The molecule has 704 valence electrons. The summed E-state index contributed by atoms with van der Waals surface area (Å²) in [6, 6.07) is 43.3. The Hall–Kier alpha value is -15.6. The molecule has 140 heavy (non-hydrogen) atoms. The number of ether oxygens (including phenoxy) is 12. The number of hydrogen-bond donors (Lipinski definition) is 0. The van der Waals surface area contributed by atoms with Gasteiger partial charge in [0.15, 0.2) is 12.1 Å². The van der Waals surface area contributed by atoms with E-state index in [1.807, 2.05) is 104 Å². The third-order valence-electron chi connectivity index (χ3n) is 25.2. The molecule has 6 amide bonds. The molecular weight excluding hydrogens is 1830 g/mol. The Morgan fingerprint density at radius 2 is 0.564 bits per heavy atom. The van der Waals surface area contributed by atoms with Gasteiger partial charge in [-0.2, -0.15) is 0 Å². The normalized spacial score (nSPS) is 16.6. The maximum atomic E-state index is 17.5. The first-order valence-electron chi connectivity index (χ1n) is 45.8. The summed E-state index contributed by atoms with van der Waals surface area (Å²) in [6.45, 7) is 17.5. The summed E-state index contributed by atoms with van der Waals surface area (Å²) in [4.78, 5) is 183. The molecule has 0 N–H and O–H groups in total. The molecule has 0 radical (unpaired) electrons. The molecule has 0 saturated carbocycles. The monoisotopic (exact) mass is 1910 g/mol. The van der Waals surface area contributed by atoms with E-state index in [1.54, 1.807) is 83.6 Å². The summed E-state index contributed by atoms with van der Waals surface area (Å²) < 4.78 is 74.0. The highest BCUT2D eigenvalue weighted by Crippen LogP contribution is 2.60. The fraction of sp³-hybridized carbons (Fsp3) is 0.241. The van der Waals surface area contributed by atoms with Gasteiger partial charge in [0.2, 0.25) is 0 Å². The molecule has 6 aliphatic heterocycles. The second-order valence-electron chi connectivity index (χ2n) is 36.1. The predicted octanol–water partition coefficient (Wildman–Crippen LogP) is 20.7. The van der Waals surface area contributed by atoms with Crippen LogP contribution >= 0.6 is 22.7 Å². The van der Waals surface area contributed by atoms with Gasteiger partial charge in [0.05, 0.1) is 118 Å². The SMILES string of the molecule is CC(C)c1ccc(Oc2cc3c4c(cc(Oc5ccc(C(C)C)cc5)c5c6c(Oc7ccc(C(C)C)cc7)cc7c8c(cc(Oc9ccc(C(C)C)cc9)c(c2c45)c86)C(=O)N(C(C(=O)N(c2cncc(C(=O)OCC4CO4)c2)c2cncc(C(=O)OCC4CO4)c2)c2cccs2)C7=O)C(=O)N(C(C(=O)N(c2cncc(C(=O)OCC4CO4)c2)c2cncc(C(=O)OCC4CO4)c2)c2cccs2)C3=O)cc1. The van der Waals surface area contributed by atoms with Crippen LogP contribution in [0.5, 0.6) is 46.0 Å². The highest BCUT2D eigenvalue weighted by molar-refractivity contribution is 7.10. The number of fused-ring (bicyclic) bond motifs is 2. The molecule has 0 bridgehead atoms. The van der Waals surface area contributed by atoms with Gasteiger partial charge in [0.25, 0.3) is 35.4 Å². The Kier molecular flexibility index (Phi) is 24.3. The van der Waals surface area contributed by atoms with E-state index in [1.165, 1.54) is 98.1 Å². The summed E-state index contributed by atoms with van der Waals surface area (Å²) in [5.41, 5.74) is 2.21. The van der Waals surface area contributed by atoms with Gasteiger partial charge in [-0.05, 0) is 166 Å². The van der Waals surface area contributed by atoms with E-state index in [9.17, 15) is 19.2 Å². The van der Waals surface area contributed by atoms with Crippen LogP contribution in [0.15, 0.2) is 230 Å². The maximum Gasteiger partial charge on any atom is 0.339 e. The van der Waals surface area contributed by atoms with Gasteiger partial charge in [0.1, 0.15) is 96.8 Å². The molecule has 0 spiro atoms. The van der Waals surface area contributed by atoms with Gasteiger partial charge in [-0.25, -0.2) is 19.2 Å². The van der Waals surface area contributed by atoms with Gasteiger partial charge in [0, 0.05) is 77.6 Å². The van der Waals surface area contributed by atoms with Crippen LogP contribution in [0, 0.1) is 0 Å². The number of esters is 4. The molecule has 9 aromatic carbocycles. The third-order valence-corrected chi connectivity index (χ3v) is 27.0. The van der Waals surface area contributed by atoms with E-state index in [0.717, 1.165) is 64.5 Å². The molecule has 30 nitrogen and oxygen atoms in total. The summed E-state index contributed by atoms with van der Waals surface area (Å²) in [5, 5.41) is 4.15. The Bertz CT molecular complexity index is 6690. The average molecular weight is 1910 g/mol. The van der Waals surface area contributed by atoms with E-state index in [4.69, 9.17) is 56.8 Å². The first kappa shape index (κ1) is 90.9. The Labute approximate surface area is 808 Å². The number of epoxide rings is 4. The number of benzene rings is 9. The summed E-state index contributed by atoms with van der Waals surface area (Å²) in [7, 11) is 0. The summed E-state index contributed by atoms with van der Waals surface area (Å²) in [6.07, 6.45) is 8.86. The molecular formula is C108H88N8O22S2. The van der Waals surface area contributed by atoms with Gasteiger partial charge in [-0.1, -0.05) is 116 Å². The third kappa shape index (κ3) is 17.8. The largest absolute Gasteiger partial charge is 0.459 e. The number of pyridine rings is 4. The molecule has 0 aliphatic carbocycles. The van der Waals surface area contributed by atoms with Crippen molar-refractivity contribution in [3.05, 3.63) is 307 Å². The summed E-state index contributed by atoms with van der Waals surface area (Å²) >= 11 is 2.11. The van der Waals surface area contributed by atoms with Gasteiger partial charge in [-0.3, -0.25) is 68.3 Å². The number of anilines is 4. The quantitative estimate of drug-likeness (QED) is 0.00902. The van der Waals surface area contributed by atoms with Crippen LogP contribution in [0.2, 0.25) is 0 Å². The topological polar surface area (TPSA) is 359 Å². The second-order valence-corrected chi connectivity index (χ2v) is 38.0. The van der Waals surface area contributed by atoms with Crippen molar-refractivity contribution in [2.75, 3.05) is 62.7 Å². The van der Waals surface area contributed by atoms with Crippen molar-refractivity contribution < 1.29 is 105 Å². The summed E-state index contributed by atoms with van der Waals surface area (Å²) in [5.74, 6) is -8.56. The molecule has 12 heterocycles. The number of nitrogens with zero attached hydrogens (tertiary/aromatic N) is 8. The van der Waals surface area contributed by atoms with E-state index in [2.05, 4.69) is 19.9 Å². The molecule has 6 atom stereocenters. The Morgan fingerprint density at radius 3 is 0.771 bits per heavy atom. The van der Waals surface area contributed by atoms with Crippen molar-refractivity contribution in [3.8, 4) is 46.0 Å². The number of carbonyl (C=O) groups is 10. The van der Waals surface area contributed by atoms with Gasteiger partial charge in [-0.15, -0.1) is 22.7 Å². The molecule has 4 saturated heterocycles. The second kappa shape index (κ2) is 37.4. The average Bonchev–Trinajstić information content (AvgIpc) is 1.47. The van der Waals surface area contributed by atoms with Crippen molar-refractivity contribution in [1.82, 2.24) is 29.7 Å². The first-order chi connectivity index (χ1) is 67.8. The molecule has 4 fully saturated rings. The van der Waals surface area contributed by atoms with E-state index in [0.29, 0.717) is 26.4 Å². The van der Waals surface area contributed by atoms with E-state index < -0.39 is 71.4 Å². The molecule has 21 rings (SSSR count). The number of carbonyl (C=O) groups excluding carboxylic acids is 10. The van der Waals surface area contributed by atoms with Gasteiger partial charge < -0.3 is 56.8 Å². The minimum atomic E-state index is -1.94.